The van der Waals surface area contributed by atoms with Crippen LogP contribution in [0.25, 0.3) is 0 Å². The summed E-state index contributed by atoms with van der Waals surface area (Å²) in [5.41, 5.74) is 2.62. The highest BCUT2D eigenvalue weighted by molar-refractivity contribution is 5.96. The van der Waals surface area contributed by atoms with Crippen molar-refractivity contribution in [2.75, 3.05) is 12.4 Å². The molecule has 1 atom stereocenters. The second kappa shape index (κ2) is 9.55. The van der Waals surface area contributed by atoms with Crippen LogP contribution >= 0.6 is 0 Å². The molecule has 28 heavy (non-hydrogen) atoms. The van der Waals surface area contributed by atoms with E-state index in [2.05, 4.69) is 10.3 Å². The lowest BCUT2D eigenvalue weighted by molar-refractivity contribution is -0.117. The predicted octanol–water partition coefficient (Wildman–Crippen LogP) is 4.80. The highest BCUT2D eigenvalue weighted by Crippen LogP contribution is 2.31. The number of rotatable bonds is 8. The maximum atomic E-state index is 12.8. The molecule has 0 radical (unpaired) electrons. The number of hydrogen-bond donors (Lipinski definition) is 1. The monoisotopic (exact) mass is 376 g/mol. The fraction of sp³-hybridized carbons (Fsp3) is 0.217. The molecule has 1 unspecified atom stereocenters. The van der Waals surface area contributed by atoms with Crippen LogP contribution in [0.5, 0.6) is 11.5 Å². The van der Waals surface area contributed by atoms with Gasteiger partial charge in [0.2, 0.25) is 5.91 Å². The van der Waals surface area contributed by atoms with Gasteiger partial charge < -0.3 is 14.8 Å². The van der Waals surface area contributed by atoms with Crippen molar-refractivity contribution in [3.8, 4) is 11.5 Å². The van der Waals surface area contributed by atoms with Gasteiger partial charge in [0.05, 0.1) is 13.0 Å². The lowest BCUT2D eigenvalue weighted by atomic mass is 9.95. The van der Waals surface area contributed by atoms with E-state index in [0.717, 1.165) is 17.5 Å². The number of anilines is 1. The van der Waals surface area contributed by atoms with Crippen molar-refractivity contribution in [3.63, 3.8) is 0 Å². The molecule has 0 spiro atoms. The Kier molecular flexibility index (Phi) is 6.63. The van der Waals surface area contributed by atoms with Gasteiger partial charge in [0.1, 0.15) is 6.61 Å². The average Bonchev–Trinajstić information content (AvgIpc) is 2.74. The molecule has 0 aliphatic carbocycles. The van der Waals surface area contributed by atoms with Crippen LogP contribution < -0.4 is 14.8 Å². The third-order valence-corrected chi connectivity index (χ3v) is 4.47. The first-order valence-corrected chi connectivity index (χ1v) is 9.26. The van der Waals surface area contributed by atoms with E-state index in [0.29, 0.717) is 23.8 Å². The summed E-state index contributed by atoms with van der Waals surface area (Å²) >= 11 is 0. The minimum atomic E-state index is -0.205. The Morgan fingerprint density at radius 3 is 2.57 bits per heavy atom. The van der Waals surface area contributed by atoms with E-state index in [-0.39, 0.29) is 11.8 Å². The molecular weight excluding hydrogens is 352 g/mol. The van der Waals surface area contributed by atoms with Gasteiger partial charge in [0, 0.05) is 29.7 Å². The number of nitrogens with one attached hydrogen (secondary N) is 1. The summed E-state index contributed by atoms with van der Waals surface area (Å²) in [5.74, 6) is 0.925. The molecule has 3 aromatic rings. The number of aromatic nitrogens is 1. The zero-order valence-electron chi connectivity index (χ0n) is 16.1. The molecule has 0 aliphatic heterocycles. The third kappa shape index (κ3) is 4.88. The summed E-state index contributed by atoms with van der Waals surface area (Å²) in [7, 11) is 1.59. The molecule has 2 aromatic carbocycles. The fourth-order valence-electron chi connectivity index (χ4n) is 3.00. The first kappa shape index (κ1) is 19.4. The summed E-state index contributed by atoms with van der Waals surface area (Å²) in [6, 6.07) is 19.0. The molecular formula is C23H24N2O3. The van der Waals surface area contributed by atoms with Crippen LogP contribution in [-0.4, -0.2) is 18.0 Å². The fourth-order valence-corrected chi connectivity index (χ4v) is 3.00. The Morgan fingerprint density at radius 1 is 1.07 bits per heavy atom. The Morgan fingerprint density at radius 2 is 1.89 bits per heavy atom. The van der Waals surface area contributed by atoms with Crippen LogP contribution in [0.3, 0.4) is 0 Å². The summed E-state index contributed by atoms with van der Waals surface area (Å²) in [6.45, 7) is 2.37. The summed E-state index contributed by atoms with van der Waals surface area (Å²) in [6.07, 6.45) is 4.19. The SMILES string of the molecule is CCC(C(=O)Nc1ccc(OC)c(OCc2cccnc2)c1)c1ccccc1. The Hall–Kier alpha value is -3.34. The quantitative estimate of drug-likeness (QED) is 0.613. The van der Waals surface area contributed by atoms with Gasteiger partial charge in [0.25, 0.3) is 0 Å². The summed E-state index contributed by atoms with van der Waals surface area (Å²) in [4.78, 5) is 16.9. The lowest BCUT2D eigenvalue weighted by Crippen LogP contribution is -2.20. The second-order valence-electron chi connectivity index (χ2n) is 6.38. The van der Waals surface area contributed by atoms with Crippen LogP contribution in [-0.2, 0) is 11.4 Å². The van der Waals surface area contributed by atoms with Gasteiger partial charge in [-0.15, -0.1) is 0 Å². The molecule has 1 amide bonds. The van der Waals surface area contributed by atoms with E-state index < -0.39 is 0 Å². The summed E-state index contributed by atoms with van der Waals surface area (Å²) < 4.78 is 11.3. The first-order valence-electron chi connectivity index (χ1n) is 9.26. The minimum Gasteiger partial charge on any atom is -0.493 e. The molecule has 0 saturated carbocycles. The Bertz CT molecular complexity index is 898. The van der Waals surface area contributed by atoms with Crippen molar-refractivity contribution < 1.29 is 14.3 Å². The topological polar surface area (TPSA) is 60.5 Å². The normalized spacial score (nSPS) is 11.5. The number of methoxy groups -OCH3 is 1. The number of amides is 1. The van der Waals surface area contributed by atoms with Crippen LogP contribution in [0.2, 0.25) is 0 Å². The number of pyridine rings is 1. The van der Waals surface area contributed by atoms with E-state index >= 15 is 0 Å². The Labute approximate surface area is 165 Å². The molecule has 0 saturated heterocycles. The van der Waals surface area contributed by atoms with E-state index in [1.165, 1.54) is 0 Å². The Balaban J connectivity index is 1.74. The largest absolute Gasteiger partial charge is 0.493 e. The van der Waals surface area contributed by atoms with Crippen LogP contribution in [0.4, 0.5) is 5.69 Å². The van der Waals surface area contributed by atoms with Gasteiger partial charge >= 0.3 is 0 Å². The molecule has 0 fully saturated rings. The molecule has 144 valence electrons. The molecule has 5 nitrogen and oxygen atoms in total. The molecule has 0 aliphatic rings. The molecule has 1 heterocycles. The zero-order valence-corrected chi connectivity index (χ0v) is 16.1. The van der Waals surface area contributed by atoms with Gasteiger partial charge in [-0.2, -0.15) is 0 Å². The lowest BCUT2D eigenvalue weighted by Gasteiger charge is -2.17. The van der Waals surface area contributed by atoms with Gasteiger partial charge in [-0.3, -0.25) is 9.78 Å². The number of nitrogens with zero attached hydrogens (tertiary/aromatic N) is 1. The standard InChI is InChI=1S/C23H24N2O3/c1-3-20(18-9-5-4-6-10-18)23(26)25-19-11-12-21(27-2)22(14-19)28-16-17-8-7-13-24-15-17/h4-15,20H,3,16H2,1-2H3,(H,25,26). The number of benzene rings is 2. The van der Waals surface area contributed by atoms with E-state index in [9.17, 15) is 4.79 Å². The smallest absolute Gasteiger partial charge is 0.231 e. The number of ether oxygens (including phenoxy) is 2. The van der Waals surface area contributed by atoms with Gasteiger partial charge in [0.15, 0.2) is 11.5 Å². The van der Waals surface area contributed by atoms with E-state index in [1.54, 1.807) is 31.6 Å². The van der Waals surface area contributed by atoms with E-state index in [1.807, 2.05) is 55.5 Å². The van der Waals surface area contributed by atoms with Crippen molar-refractivity contribution in [1.29, 1.82) is 0 Å². The molecule has 5 heteroatoms. The average molecular weight is 376 g/mol. The maximum absolute atomic E-state index is 12.8. The predicted molar refractivity (Wildman–Crippen MR) is 110 cm³/mol. The maximum Gasteiger partial charge on any atom is 0.231 e. The van der Waals surface area contributed by atoms with Crippen LogP contribution in [0, 0.1) is 0 Å². The summed E-state index contributed by atoms with van der Waals surface area (Å²) in [5, 5.41) is 2.99. The van der Waals surface area contributed by atoms with Crippen molar-refractivity contribution in [1.82, 2.24) is 4.98 Å². The third-order valence-electron chi connectivity index (χ3n) is 4.47. The molecule has 0 bridgehead atoms. The zero-order chi connectivity index (χ0) is 19.8. The highest BCUT2D eigenvalue weighted by Gasteiger charge is 2.19. The van der Waals surface area contributed by atoms with E-state index in [4.69, 9.17) is 9.47 Å². The van der Waals surface area contributed by atoms with Crippen molar-refractivity contribution in [2.45, 2.75) is 25.9 Å². The van der Waals surface area contributed by atoms with Gasteiger partial charge in [-0.05, 0) is 30.2 Å². The number of carbonyl (C=O) groups is 1. The van der Waals surface area contributed by atoms with Crippen LogP contribution in [0.1, 0.15) is 30.4 Å². The van der Waals surface area contributed by atoms with Crippen molar-refractivity contribution >= 4 is 11.6 Å². The first-order chi connectivity index (χ1) is 13.7. The second-order valence-corrected chi connectivity index (χ2v) is 6.38. The highest BCUT2D eigenvalue weighted by atomic mass is 16.5. The van der Waals surface area contributed by atoms with Crippen molar-refractivity contribution in [3.05, 3.63) is 84.2 Å². The molecule has 1 aromatic heterocycles. The minimum absolute atomic E-state index is 0.0444. The van der Waals surface area contributed by atoms with Gasteiger partial charge in [-0.25, -0.2) is 0 Å². The van der Waals surface area contributed by atoms with Crippen LogP contribution in [0.15, 0.2) is 73.1 Å². The molecule has 3 rings (SSSR count). The van der Waals surface area contributed by atoms with Gasteiger partial charge in [-0.1, -0.05) is 43.3 Å². The number of hydrogen-bond acceptors (Lipinski definition) is 4. The number of carbonyl (C=O) groups excluding carboxylic acids is 1. The molecule has 1 N–H and O–H groups in total. The van der Waals surface area contributed by atoms with Crippen molar-refractivity contribution in [2.24, 2.45) is 0 Å².